The second-order valence-corrected chi connectivity index (χ2v) is 4.42. The molecule has 0 amide bonds. The summed E-state index contributed by atoms with van der Waals surface area (Å²) in [5.41, 5.74) is 0. The van der Waals surface area contributed by atoms with Gasteiger partial charge in [0.2, 0.25) is 5.78 Å². The quantitative estimate of drug-likeness (QED) is 0.476. The van der Waals surface area contributed by atoms with E-state index in [0.29, 0.717) is 11.8 Å². The van der Waals surface area contributed by atoms with Gasteiger partial charge in [0.15, 0.2) is 0 Å². The largest absolute Gasteiger partial charge is 0.285 e. The van der Waals surface area contributed by atoms with E-state index in [9.17, 15) is 4.79 Å². The van der Waals surface area contributed by atoms with Crippen molar-refractivity contribution in [3.05, 3.63) is 0 Å². The van der Waals surface area contributed by atoms with Crippen molar-refractivity contribution in [2.75, 3.05) is 0 Å². The lowest BCUT2D eigenvalue weighted by Gasteiger charge is -2.40. The zero-order chi connectivity index (χ0) is 9.26. The van der Waals surface area contributed by atoms with Crippen molar-refractivity contribution in [1.82, 2.24) is 0 Å². The average Bonchev–Trinajstić information content (AvgIpc) is 1.95. The maximum absolute atomic E-state index is 11.5. The Kier molecular flexibility index (Phi) is 2.40. The van der Waals surface area contributed by atoms with E-state index in [1.165, 1.54) is 38.5 Å². The zero-order valence-electron chi connectivity index (χ0n) is 7.96. The van der Waals surface area contributed by atoms with E-state index < -0.39 is 0 Å². The SMILES string of the molecule is C#CC(=O)C(C1CCC1)C1CCC1. The minimum atomic E-state index is 0.0781. The van der Waals surface area contributed by atoms with E-state index in [2.05, 4.69) is 5.92 Å². The number of hydrogen-bond donors (Lipinski definition) is 0. The standard InChI is InChI=1S/C12H16O/c1-2-11(13)12(9-5-3-6-9)10-7-4-8-10/h1,9-10,12H,3-8H2. The van der Waals surface area contributed by atoms with E-state index in [-0.39, 0.29) is 11.7 Å². The van der Waals surface area contributed by atoms with Gasteiger partial charge in [-0.1, -0.05) is 12.8 Å². The van der Waals surface area contributed by atoms with Crippen molar-refractivity contribution >= 4 is 5.78 Å². The molecular formula is C12H16O. The molecule has 2 fully saturated rings. The van der Waals surface area contributed by atoms with E-state index >= 15 is 0 Å². The predicted octanol–water partition coefficient (Wildman–Crippen LogP) is 2.41. The molecule has 2 rings (SSSR count). The Morgan fingerprint density at radius 3 is 1.85 bits per heavy atom. The maximum atomic E-state index is 11.5. The van der Waals surface area contributed by atoms with Crippen LogP contribution in [0.25, 0.3) is 0 Å². The van der Waals surface area contributed by atoms with Crippen LogP contribution < -0.4 is 0 Å². The second kappa shape index (κ2) is 3.54. The first-order valence-electron chi connectivity index (χ1n) is 5.33. The van der Waals surface area contributed by atoms with Gasteiger partial charge in [0, 0.05) is 5.92 Å². The molecule has 0 aromatic carbocycles. The molecule has 2 aliphatic carbocycles. The molecule has 0 aromatic heterocycles. The summed E-state index contributed by atoms with van der Waals surface area (Å²) in [7, 11) is 0. The number of rotatable bonds is 3. The van der Waals surface area contributed by atoms with E-state index in [4.69, 9.17) is 6.42 Å². The van der Waals surface area contributed by atoms with Crippen LogP contribution in [0.4, 0.5) is 0 Å². The Hall–Kier alpha value is -0.770. The highest BCUT2D eigenvalue weighted by Gasteiger charge is 2.39. The molecule has 0 radical (unpaired) electrons. The van der Waals surface area contributed by atoms with Gasteiger partial charge in [0.25, 0.3) is 0 Å². The lowest BCUT2D eigenvalue weighted by Crippen LogP contribution is -2.37. The third-order valence-electron chi connectivity index (χ3n) is 3.76. The predicted molar refractivity (Wildman–Crippen MR) is 52.0 cm³/mol. The summed E-state index contributed by atoms with van der Waals surface area (Å²) in [6.07, 6.45) is 12.7. The van der Waals surface area contributed by atoms with Gasteiger partial charge in [-0.05, 0) is 43.4 Å². The van der Waals surface area contributed by atoms with Crippen LogP contribution in [0.15, 0.2) is 0 Å². The number of ketones is 1. The molecule has 2 saturated carbocycles. The molecule has 0 aliphatic heterocycles. The lowest BCUT2D eigenvalue weighted by atomic mass is 9.63. The van der Waals surface area contributed by atoms with Gasteiger partial charge < -0.3 is 0 Å². The molecule has 0 bridgehead atoms. The van der Waals surface area contributed by atoms with Gasteiger partial charge in [-0.3, -0.25) is 4.79 Å². The summed E-state index contributed by atoms with van der Waals surface area (Å²) >= 11 is 0. The van der Waals surface area contributed by atoms with E-state index in [1.54, 1.807) is 0 Å². The van der Waals surface area contributed by atoms with Crippen LogP contribution in [-0.4, -0.2) is 5.78 Å². The summed E-state index contributed by atoms with van der Waals surface area (Å²) in [5, 5.41) is 0. The fourth-order valence-corrected chi connectivity index (χ4v) is 2.51. The number of terminal acetylenes is 1. The molecule has 0 aromatic rings. The van der Waals surface area contributed by atoms with Gasteiger partial charge >= 0.3 is 0 Å². The average molecular weight is 176 g/mol. The first-order valence-corrected chi connectivity index (χ1v) is 5.33. The Balaban J connectivity index is 2.01. The zero-order valence-corrected chi connectivity index (χ0v) is 7.96. The maximum Gasteiger partial charge on any atom is 0.208 e. The molecule has 0 unspecified atom stereocenters. The van der Waals surface area contributed by atoms with Crippen LogP contribution in [0, 0.1) is 30.1 Å². The van der Waals surface area contributed by atoms with Crippen molar-refractivity contribution in [3.63, 3.8) is 0 Å². The van der Waals surface area contributed by atoms with Crippen LogP contribution >= 0.6 is 0 Å². The number of hydrogen-bond acceptors (Lipinski definition) is 1. The molecule has 0 N–H and O–H groups in total. The molecule has 1 heteroatoms. The Morgan fingerprint density at radius 1 is 1.15 bits per heavy atom. The van der Waals surface area contributed by atoms with Crippen LogP contribution in [0.5, 0.6) is 0 Å². The molecule has 70 valence electrons. The summed E-state index contributed by atoms with van der Waals surface area (Å²) in [6, 6.07) is 0. The fraction of sp³-hybridized carbons (Fsp3) is 0.750. The van der Waals surface area contributed by atoms with Crippen LogP contribution in [-0.2, 0) is 4.79 Å². The van der Waals surface area contributed by atoms with Gasteiger partial charge in [0.05, 0.1) is 0 Å². The number of Topliss-reactive ketones (excluding diaryl/α,β-unsaturated/α-hetero) is 1. The van der Waals surface area contributed by atoms with Gasteiger partial charge in [-0.15, -0.1) is 6.42 Å². The fourth-order valence-electron chi connectivity index (χ4n) is 2.51. The lowest BCUT2D eigenvalue weighted by molar-refractivity contribution is -0.123. The Morgan fingerprint density at radius 2 is 1.62 bits per heavy atom. The van der Waals surface area contributed by atoms with Crippen molar-refractivity contribution in [2.45, 2.75) is 38.5 Å². The Bertz CT molecular complexity index is 226. The summed E-state index contributed by atoms with van der Waals surface area (Å²) < 4.78 is 0. The van der Waals surface area contributed by atoms with E-state index in [0.717, 1.165) is 0 Å². The minimum absolute atomic E-state index is 0.0781. The van der Waals surface area contributed by atoms with Crippen LogP contribution in [0.2, 0.25) is 0 Å². The van der Waals surface area contributed by atoms with Crippen molar-refractivity contribution in [1.29, 1.82) is 0 Å². The second-order valence-electron chi connectivity index (χ2n) is 4.42. The third-order valence-corrected chi connectivity index (χ3v) is 3.76. The van der Waals surface area contributed by atoms with Crippen LogP contribution in [0.1, 0.15) is 38.5 Å². The molecular weight excluding hydrogens is 160 g/mol. The molecule has 1 nitrogen and oxygen atoms in total. The molecule has 0 heterocycles. The summed E-state index contributed by atoms with van der Waals surface area (Å²) in [4.78, 5) is 11.5. The highest BCUT2D eigenvalue weighted by molar-refractivity contribution is 5.97. The molecule has 2 aliphatic rings. The number of carbonyl (C=O) groups excluding carboxylic acids is 1. The normalized spacial score (nSPS) is 23.4. The summed E-state index contributed by atoms with van der Waals surface area (Å²) in [6.45, 7) is 0. The molecule has 0 atom stereocenters. The van der Waals surface area contributed by atoms with Crippen molar-refractivity contribution in [2.24, 2.45) is 17.8 Å². The highest BCUT2D eigenvalue weighted by atomic mass is 16.1. The first-order chi connectivity index (χ1) is 6.33. The minimum Gasteiger partial charge on any atom is -0.285 e. The van der Waals surface area contributed by atoms with Gasteiger partial charge in [-0.25, -0.2) is 0 Å². The smallest absolute Gasteiger partial charge is 0.208 e. The Labute approximate surface area is 79.9 Å². The monoisotopic (exact) mass is 176 g/mol. The van der Waals surface area contributed by atoms with Crippen molar-refractivity contribution < 1.29 is 4.79 Å². The van der Waals surface area contributed by atoms with Gasteiger partial charge in [0.1, 0.15) is 0 Å². The topological polar surface area (TPSA) is 17.1 Å². The van der Waals surface area contributed by atoms with Gasteiger partial charge in [-0.2, -0.15) is 0 Å². The molecule has 13 heavy (non-hydrogen) atoms. The highest BCUT2D eigenvalue weighted by Crippen LogP contribution is 2.44. The number of carbonyl (C=O) groups is 1. The first kappa shape index (κ1) is 8.81. The van der Waals surface area contributed by atoms with E-state index in [1.807, 2.05) is 0 Å². The summed E-state index contributed by atoms with van der Waals surface area (Å²) in [5.74, 6) is 3.90. The third kappa shape index (κ3) is 1.50. The van der Waals surface area contributed by atoms with Crippen molar-refractivity contribution in [3.8, 4) is 12.3 Å². The molecule has 0 spiro atoms. The molecule has 0 saturated heterocycles. The van der Waals surface area contributed by atoms with Crippen LogP contribution in [0.3, 0.4) is 0 Å².